The van der Waals surface area contributed by atoms with Gasteiger partial charge < -0.3 is 19.1 Å². The number of carbonyl (C=O) groups is 2. The molecule has 1 atom stereocenters. The van der Waals surface area contributed by atoms with Crippen LogP contribution in [0.15, 0.2) is 81.8 Å². The first-order chi connectivity index (χ1) is 18.0. The van der Waals surface area contributed by atoms with Crippen molar-refractivity contribution in [3.8, 4) is 17.7 Å². The van der Waals surface area contributed by atoms with Crippen molar-refractivity contribution in [3.05, 3.63) is 89.8 Å². The third-order valence-corrected chi connectivity index (χ3v) is 6.31. The zero-order valence-electron chi connectivity index (χ0n) is 20.3. The second-order valence-electron chi connectivity index (χ2n) is 8.72. The molecule has 1 unspecified atom stereocenters. The van der Waals surface area contributed by atoms with Crippen molar-refractivity contribution in [1.82, 2.24) is 9.88 Å². The van der Waals surface area contributed by atoms with Gasteiger partial charge in [-0.1, -0.05) is 42.5 Å². The van der Waals surface area contributed by atoms with E-state index < -0.39 is 6.04 Å². The van der Waals surface area contributed by atoms with E-state index in [1.165, 1.54) is 13.2 Å². The van der Waals surface area contributed by atoms with Crippen LogP contribution in [0.4, 0.5) is 11.6 Å². The number of Topliss-reactive ketones (excluding diaryl/α,β-unsaturated/α-hetero) is 1. The number of nitriles is 1. The maximum absolute atomic E-state index is 13.5. The van der Waals surface area contributed by atoms with E-state index in [9.17, 15) is 14.9 Å². The first-order valence-electron chi connectivity index (χ1n) is 11.9. The summed E-state index contributed by atoms with van der Waals surface area (Å²) in [6.45, 7) is 3.69. The van der Waals surface area contributed by atoms with Gasteiger partial charge in [0.25, 0.3) is 5.89 Å². The van der Waals surface area contributed by atoms with Gasteiger partial charge >= 0.3 is 0 Å². The van der Waals surface area contributed by atoms with Crippen LogP contribution < -0.4 is 10.2 Å². The number of furan rings is 1. The second kappa shape index (κ2) is 10.5. The fourth-order valence-electron chi connectivity index (χ4n) is 4.48. The monoisotopic (exact) mass is 495 g/mol. The van der Waals surface area contributed by atoms with Crippen LogP contribution in [0.3, 0.4) is 0 Å². The Labute approximate surface area is 213 Å². The third kappa shape index (κ3) is 5.15. The number of hydrogen-bond acceptors (Lipinski definition) is 8. The number of nitrogens with zero attached hydrogens (tertiary/aromatic N) is 4. The molecule has 0 spiro atoms. The number of aromatic nitrogens is 1. The quantitative estimate of drug-likeness (QED) is 0.372. The lowest BCUT2D eigenvalue weighted by atomic mass is 10.0. The third-order valence-electron chi connectivity index (χ3n) is 6.31. The van der Waals surface area contributed by atoms with Crippen molar-refractivity contribution < 1.29 is 18.4 Å². The van der Waals surface area contributed by atoms with Gasteiger partial charge in [0.05, 0.1) is 6.26 Å². The van der Waals surface area contributed by atoms with Crippen molar-refractivity contribution in [2.45, 2.75) is 13.0 Å². The molecule has 0 aliphatic carbocycles. The molecule has 0 saturated carbocycles. The first kappa shape index (κ1) is 24.0. The van der Waals surface area contributed by atoms with Crippen LogP contribution in [0.5, 0.6) is 0 Å². The molecule has 1 aliphatic rings. The summed E-state index contributed by atoms with van der Waals surface area (Å²) < 4.78 is 11.3. The van der Waals surface area contributed by atoms with Crippen LogP contribution in [0.1, 0.15) is 34.6 Å². The topological polar surface area (TPSA) is 116 Å². The number of oxazole rings is 1. The molecular formula is C28H25N5O4. The van der Waals surface area contributed by atoms with E-state index in [4.69, 9.17) is 8.83 Å². The van der Waals surface area contributed by atoms with E-state index >= 15 is 0 Å². The Morgan fingerprint density at radius 1 is 1.03 bits per heavy atom. The largest absolute Gasteiger partial charge is 0.459 e. The lowest BCUT2D eigenvalue weighted by Gasteiger charge is -2.38. The van der Waals surface area contributed by atoms with Crippen LogP contribution in [-0.2, 0) is 4.79 Å². The molecule has 9 nitrogen and oxygen atoms in total. The summed E-state index contributed by atoms with van der Waals surface area (Å²) in [5.74, 6) is 0.865. The minimum absolute atomic E-state index is 0.0637. The van der Waals surface area contributed by atoms with Crippen molar-refractivity contribution in [2.75, 3.05) is 36.4 Å². The highest BCUT2D eigenvalue weighted by Crippen LogP contribution is 2.31. The zero-order chi connectivity index (χ0) is 25.8. The number of rotatable bonds is 7. The van der Waals surface area contributed by atoms with Crippen molar-refractivity contribution in [3.63, 3.8) is 0 Å². The maximum Gasteiger partial charge on any atom is 0.266 e. The Morgan fingerprint density at radius 3 is 2.49 bits per heavy atom. The van der Waals surface area contributed by atoms with Gasteiger partial charge in [-0.2, -0.15) is 10.2 Å². The number of carbonyl (C=O) groups excluding carboxylic acids is 2. The van der Waals surface area contributed by atoms with Gasteiger partial charge in [0.2, 0.25) is 17.5 Å². The lowest BCUT2D eigenvalue weighted by Crippen LogP contribution is -2.50. The molecule has 5 rings (SSSR count). The number of anilines is 2. The van der Waals surface area contributed by atoms with E-state index in [1.807, 2.05) is 35.2 Å². The summed E-state index contributed by atoms with van der Waals surface area (Å²) in [6.07, 6.45) is 1.52. The molecule has 1 aliphatic heterocycles. The van der Waals surface area contributed by atoms with Crippen molar-refractivity contribution in [1.29, 1.82) is 5.26 Å². The van der Waals surface area contributed by atoms with Crippen LogP contribution >= 0.6 is 0 Å². The molecule has 1 fully saturated rings. The summed E-state index contributed by atoms with van der Waals surface area (Å²) in [5.41, 5.74) is 2.18. The molecule has 3 heterocycles. The molecule has 2 aromatic carbocycles. The molecule has 0 radical (unpaired) electrons. The summed E-state index contributed by atoms with van der Waals surface area (Å²) in [7, 11) is 0. The molecule has 1 N–H and O–H groups in total. The van der Waals surface area contributed by atoms with Gasteiger partial charge in [0.15, 0.2) is 11.5 Å². The number of ketones is 1. The predicted octanol–water partition coefficient (Wildman–Crippen LogP) is 4.51. The Kier molecular flexibility index (Phi) is 6.83. The summed E-state index contributed by atoms with van der Waals surface area (Å²) in [6, 6.07) is 21.6. The highest BCUT2D eigenvalue weighted by Gasteiger charge is 2.32. The van der Waals surface area contributed by atoms with Gasteiger partial charge in [0.1, 0.15) is 12.1 Å². The van der Waals surface area contributed by atoms with Crippen LogP contribution in [-0.4, -0.2) is 47.8 Å². The summed E-state index contributed by atoms with van der Waals surface area (Å²) >= 11 is 0. The average Bonchev–Trinajstić information content (AvgIpc) is 3.60. The number of benzene rings is 2. The fraction of sp³-hybridized carbons (Fsp3) is 0.214. The van der Waals surface area contributed by atoms with Gasteiger partial charge in [-0.15, -0.1) is 0 Å². The first-order valence-corrected chi connectivity index (χ1v) is 11.9. The lowest BCUT2D eigenvalue weighted by molar-refractivity contribution is -0.121. The Bertz CT molecular complexity index is 1430. The van der Waals surface area contributed by atoms with Gasteiger partial charge in [0, 0.05) is 37.4 Å². The van der Waals surface area contributed by atoms with Gasteiger partial charge in [-0.3, -0.25) is 14.5 Å². The normalized spacial score (nSPS) is 14.6. The second-order valence-corrected chi connectivity index (χ2v) is 8.72. The number of amides is 1. The fourth-order valence-corrected chi connectivity index (χ4v) is 4.48. The molecule has 4 aromatic rings. The van der Waals surface area contributed by atoms with Crippen LogP contribution in [0.2, 0.25) is 0 Å². The van der Waals surface area contributed by atoms with Crippen LogP contribution in [0.25, 0.3) is 11.7 Å². The molecule has 186 valence electrons. The Hall–Kier alpha value is -4.68. The molecule has 37 heavy (non-hydrogen) atoms. The van der Waals surface area contributed by atoms with Gasteiger partial charge in [-0.05, 0) is 36.8 Å². The smallest absolute Gasteiger partial charge is 0.266 e. The van der Waals surface area contributed by atoms with E-state index in [0.717, 1.165) is 5.56 Å². The highest BCUT2D eigenvalue weighted by molar-refractivity contribution is 5.98. The Morgan fingerprint density at radius 2 is 1.81 bits per heavy atom. The minimum atomic E-state index is -0.534. The summed E-state index contributed by atoms with van der Waals surface area (Å²) in [4.78, 5) is 33.7. The highest BCUT2D eigenvalue weighted by atomic mass is 16.4. The van der Waals surface area contributed by atoms with Gasteiger partial charge in [-0.25, -0.2) is 0 Å². The SMILES string of the molecule is CC(=O)c1cccc(NC(=O)C(c2ccccc2)N2CCN(c3oc(-c4ccco4)nc3C#N)CC2)c1. The van der Waals surface area contributed by atoms with E-state index in [0.29, 0.717) is 49.1 Å². The van der Waals surface area contributed by atoms with Crippen molar-refractivity contribution >= 4 is 23.3 Å². The molecular weight excluding hydrogens is 470 g/mol. The number of hydrogen-bond donors (Lipinski definition) is 1. The van der Waals surface area contributed by atoms with E-state index in [-0.39, 0.29) is 23.3 Å². The minimum Gasteiger partial charge on any atom is -0.459 e. The molecule has 0 bridgehead atoms. The molecule has 9 heteroatoms. The molecule has 1 saturated heterocycles. The molecule has 2 aromatic heterocycles. The number of nitrogens with one attached hydrogen (secondary N) is 1. The summed E-state index contributed by atoms with van der Waals surface area (Å²) in [5, 5.41) is 12.6. The maximum atomic E-state index is 13.5. The standard InChI is InChI=1S/C28H25N5O4/c1-19(34)21-9-5-10-22(17-21)30-26(35)25(20-7-3-2-4-8-20)32-12-14-33(15-13-32)28-23(18-29)31-27(37-28)24-11-6-16-36-24/h2-11,16-17,25H,12-15H2,1H3,(H,30,35). The zero-order valence-corrected chi connectivity index (χ0v) is 20.3. The van der Waals surface area contributed by atoms with E-state index in [2.05, 4.69) is 21.3 Å². The molecule has 1 amide bonds. The number of piperazine rings is 1. The predicted molar refractivity (Wildman–Crippen MR) is 137 cm³/mol. The van der Waals surface area contributed by atoms with Crippen molar-refractivity contribution in [2.24, 2.45) is 0 Å². The Balaban J connectivity index is 1.34. The van der Waals surface area contributed by atoms with E-state index in [1.54, 1.807) is 36.4 Å². The average molecular weight is 496 g/mol. The van der Waals surface area contributed by atoms with Crippen LogP contribution in [0, 0.1) is 11.3 Å².